The number of nitrogens with zero attached hydrogens (tertiary/aromatic N) is 1. The monoisotopic (exact) mass is 362 g/mol. The molecule has 2 aliphatic rings. The van der Waals surface area contributed by atoms with E-state index >= 15 is 0 Å². The van der Waals surface area contributed by atoms with Crippen LogP contribution in [-0.2, 0) is 6.18 Å². The first kappa shape index (κ1) is 14.8. The van der Waals surface area contributed by atoms with Gasteiger partial charge in [0.1, 0.15) is 0 Å². The number of fused-ring (bicyclic) bond motifs is 1. The zero-order valence-electron chi connectivity index (χ0n) is 11.1. The fraction of sp³-hybridized carbons (Fsp3) is 0.500. The van der Waals surface area contributed by atoms with Crippen LogP contribution in [0.2, 0.25) is 0 Å². The first-order valence-electron chi connectivity index (χ1n) is 6.73. The lowest BCUT2D eigenvalue weighted by Crippen LogP contribution is -2.32. The van der Waals surface area contributed by atoms with Crippen molar-refractivity contribution in [3.63, 3.8) is 0 Å². The molecular formula is C14H14BrF3N2O. The van der Waals surface area contributed by atoms with Crippen molar-refractivity contribution < 1.29 is 18.0 Å². The molecule has 2 atom stereocenters. The summed E-state index contributed by atoms with van der Waals surface area (Å²) < 4.78 is 38.6. The lowest BCUT2D eigenvalue weighted by atomic mass is 10.0. The van der Waals surface area contributed by atoms with E-state index < -0.39 is 11.7 Å². The fourth-order valence-electron chi connectivity index (χ4n) is 3.08. The normalized spacial score (nSPS) is 25.2. The van der Waals surface area contributed by atoms with Crippen LogP contribution in [0.3, 0.4) is 0 Å². The summed E-state index contributed by atoms with van der Waals surface area (Å²) >= 11 is 2.89. The zero-order chi connectivity index (χ0) is 15.2. The van der Waals surface area contributed by atoms with Gasteiger partial charge < -0.3 is 10.2 Å². The van der Waals surface area contributed by atoms with E-state index in [-0.39, 0.29) is 15.9 Å². The summed E-state index contributed by atoms with van der Waals surface area (Å²) in [6.45, 7) is 2.99. The molecule has 2 aliphatic heterocycles. The van der Waals surface area contributed by atoms with E-state index in [1.807, 2.05) is 0 Å². The second-order valence-electron chi connectivity index (χ2n) is 5.58. The summed E-state index contributed by atoms with van der Waals surface area (Å²) in [6.07, 6.45) is -4.47. The van der Waals surface area contributed by atoms with Crippen LogP contribution in [0.5, 0.6) is 0 Å². The molecule has 1 aromatic rings. The number of amides is 1. The average Bonchev–Trinajstić information content (AvgIpc) is 2.97. The molecule has 1 amide bonds. The molecule has 0 aliphatic carbocycles. The van der Waals surface area contributed by atoms with E-state index in [4.69, 9.17) is 0 Å². The van der Waals surface area contributed by atoms with Crippen LogP contribution in [0.25, 0.3) is 0 Å². The minimum atomic E-state index is -4.47. The van der Waals surface area contributed by atoms with Crippen molar-refractivity contribution in [3.8, 4) is 0 Å². The number of nitrogens with one attached hydrogen (secondary N) is 1. The van der Waals surface area contributed by atoms with Crippen molar-refractivity contribution >= 4 is 21.8 Å². The summed E-state index contributed by atoms with van der Waals surface area (Å²) in [5.41, 5.74) is -0.715. The van der Waals surface area contributed by atoms with Crippen LogP contribution >= 0.6 is 15.9 Å². The Labute approximate surface area is 128 Å². The molecule has 114 valence electrons. The van der Waals surface area contributed by atoms with E-state index in [1.54, 1.807) is 4.90 Å². The number of likely N-dealkylation sites (tertiary alicyclic amines) is 1. The highest BCUT2D eigenvalue weighted by atomic mass is 79.9. The number of carbonyl (C=O) groups excluding carboxylic acids is 1. The van der Waals surface area contributed by atoms with Gasteiger partial charge in [-0.1, -0.05) is 15.9 Å². The Morgan fingerprint density at radius 2 is 1.86 bits per heavy atom. The Morgan fingerprint density at radius 3 is 2.43 bits per heavy atom. The first-order valence-corrected chi connectivity index (χ1v) is 7.52. The maximum atomic E-state index is 12.9. The summed E-state index contributed by atoms with van der Waals surface area (Å²) in [4.78, 5) is 14.1. The van der Waals surface area contributed by atoms with E-state index in [9.17, 15) is 18.0 Å². The Bertz CT molecular complexity index is 564. The molecular weight excluding hydrogens is 349 g/mol. The Kier molecular flexibility index (Phi) is 3.73. The summed E-state index contributed by atoms with van der Waals surface area (Å²) in [5, 5.41) is 3.27. The van der Waals surface area contributed by atoms with Gasteiger partial charge >= 0.3 is 6.18 Å². The second kappa shape index (κ2) is 5.28. The average molecular weight is 363 g/mol. The lowest BCUT2D eigenvalue weighted by Gasteiger charge is -2.18. The third kappa shape index (κ3) is 2.81. The minimum Gasteiger partial charge on any atom is -0.338 e. The quantitative estimate of drug-likeness (QED) is 0.832. The van der Waals surface area contributed by atoms with Gasteiger partial charge in [-0.05, 0) is 30.0 Å². The van der Waals surface area contributed by atoms with E-state index in [0.29, 0.717) is 24.9 Å². The molecule has 0 bridgehead atoms. The third-order valence-corrected chi connectivity index (χ3v) is 4.89. The lowest BCUT2D eigenvalue weighted by molar-refractivity contribution is -0.138. The molecule has 0 aromatic heterocycles. The van der Waals surface area contributed by atoms with Gasteiger partial charge in [-0.15, -0.1) is 0 Å². The molecule has 1 aromatic carbocycles. The number of carbonyl (C=O) groups is 1. The second-order valence-corrected chi connectivity index (χ2v) is 6.44. The SMILES string of the molecule is O=C(c1ccc(Br)c(C(F)(F)F)c1)N1CC2CNCC2C1. The van der Waals surface area contributed by atoms with Gasteiger partial charge in [-0.3, -0.25) is 4.79 Å². The number of halogens is 4. The molecule has 0 radical (unpaired) electrons. The zero-order valence-corrected chi connectivity index (χ0v) is 12.7. The number of rotatable bonds is 1. The van der Waals surface area contributed by atoms with Gasteiger partial charge in [0.2, 0.25) is 0 Å². The first-order chi connectivity index (χ1) is 9.86. The van der Waals surface area contributed by atoms with Gasteiger partial charge in [0, 0.05) is 36.2 Å². The molecule has 3 nitrogen and oxygen atoms in total. The standard InChI is InChI=1S/C14H14BrF3N2O/c15-12-2-1-8(3-11(12)14(16,17)18)13(21)20-6-9-4-19-5-10(9)7-20/h1-3,9-10,19H,4-7H2. The highest BCUT2D eigenvalue weighted by Gasteiger charge is 2.39. The Balaban J connectivity index is 1.82. The summed E-state index contributed by atoms with van der Waals surface area (Å²) in [7, 11) is 0. The van der Waals surface area contributed by atoms with Crippen LogP contribution in [-0.4, -0.2) is 37.0 Å². The maximum absolute atomic E-state index is 12.9. The van der Waals surface area contributed by atoms with Crippen molar-refractivity contribution in [2.24, 2.45) is 11.8 Å². The maximum Gasteiger partial charge on any atom is 0.417 e. The molecule has 1 N–H and O–H groups in total. The highest BCUT2D eigenvalue weighted by molar-refractivity contribution is 9.10. The highest BCUT2D eigenvalue weighted by Crippen LogP contribution is 2.36. The van der Waals surface area contributed by atoms with E-state index in [2.05, 4.69) is 21.2 Å². The number of alkyl halides is 3. The van der Waals surface area contributed by atoms with Crippen molar-refractivity contribution in [1.82, 2.24) is 10.2 Å². The van der Waals surface area contributed by atoms with Gasteiger partial charge in [0.05, 0.1) is 5.56 Å². The molecule has 2 fully saturated rings. The molecule has 2 unspecified atom stereocenters. The summed E-state index contributed by atoms with van der Waals surface area (Å²) in [5.74, 6) is 0.528. The largest absolute Gasteiger partial charge is 0.417 e. The molecule has 0 spiro atoms. The Hall–Kier alpha value is -1.08. The predicted octanol–water partition coefficient (Wildman–Crippen LogP) is 2.76. The topological polar surface area (TPSA) is 32.3 Å². The van der Waals surface area contributed by atoms with E-state index in [0.717, 1.165) is 19.2 Å². The molecule has 3 rings (SSSR count). The van der Waals surface area contributed by atoms with Gasteiger partial charge in [0.25, 0.3) is 5.91 Å². The van der Waals surface area contributed by atoms with Crippen molar-refractivity contribution in [2.45, 2.75) is 6.18 Å². The molecule has 2 saturated heterocycles. The number of hydrogen-bond donors (Lipinski definition) is 1. The number of benzene rings is 1. The molecule has 2 heterocycles. The smallest absolute Gasteiger partial charge is 0.338 e. The van der Waals surface area contributed by atoms with E-state index in [1.165, 1.54) is 12.1 Å². The van der Waals surface area contributed by atoms with Crippen molar-refractivity contribution in [2.75, 3.05) is 26.2 Å². The van der Waals surface area contributed by atoms with Crippen molar-refractivity contribution in [3.05, 3.63) is 33.8 Å². The van der Waals surface area contributed by atoms with Crippen LogP contribution in [0.4, 0.5) is 13.2 Å². The van der Waals surface area contributed by atoms with Crippen molar-refractivity contribution in [1.29, 1.82) is 0 Å². The van der Waals surface area contributed by atoms with Gasteiger partial charge in [-0.25, -0.2) is 0 Å². The molecule has 7 heteroatoms. The van der Waals surface area contributed by atoms with Crippen LogP contribution in [0.1, 0.15) is 15.9 Å². The molecule has 0 saturated carbocycles. The van der Waals surface area contributed by atoms with Crippen LogP contribution in [0, 0.1) is 11.8 Å². The van der Waals surface area contributed by atoms with Gasteiger partial charge in [0.15, 0.2) is 0 Å². The molecule has 21 heavy (non-hydrogen) atoms. The Morgan fingerprint density at radius 1 is 1.24 bits per heavy atom. The predicted molar refractivity (Wildman–Crippen MR) is 74.9 cm³/mol. The van der Waals surface area contributed by atoms with Crippen LogP contribution < -0.4 is 5.32 Å². The number of hydrogen-bond acceptors (Lipinski definition) is 2. The summed E-state index contributed by atoms with van der Waals surface area (Å²) in [6, 6.07) is 3.65. The third-order valence-electron chi connectivity index (χ3n) is 4.20. The van der Waals surface area contributed by atoms with Gasteiger partial charge in [-0.2, -0.15) is 13.2 Å². The fourth-order valence-corrected chi connectivity index (χ4v) is 3.55. The minimum absolute atomic E-state index is 0.0472. The van der Waals surface area contributed by atoms with Crippen LogP contribution in [0.15, 0.2) is 22.7 Å².